The molecule has 9 heteroatoms. The Morgan fingerprint density at radius 2 is 2.19 bits per heavy atom. The van der Waals surface area contributed by atoms with Gasteiger partial charge in [-0.15, -0.1) is 0 Å². The van der Waals surface area contributed by atoms with Gasteiger partial charge in [-0.3, -0.25) is 9.52 Å². The zero-order chi connectivity index (χ0) is 15.7. The minimum absolute atomic E-state index is 0.137. The Hall–Kier alpha value is -1.35. The minimum atomic E-state index is -3.41. The molecule has 0 saturated carbocycles. The van der Waals surface area contributed by atoms with Crippen molar-refractivity contribution >= 4 is 38.9 Å². The van der Waals surface area contributed by atoms with Crippen molar-refractivity contribution < 1.29 is 17.9 Å². The number of rotatable bonds is 4. The smallest absolute Gasteiger partial charge is 0.246 e. The minimum Gasteiger partial charge on any atom is -0.379 e. The van der Waals surface area contributed by atoms with E-state index >= 15 is 0 Å². The van der Waals surface area contributed by atoms with E-state index in [0.29, 0.717) is 18.7 Å². The Morgan fingerprint density at radius 1 is 1.48 bits per heavy atom. The second kappa shape index (κ2) is 5.80. The number of nitrogens with two attached hydrogens (primary N) is 1. The van der Waals surface area contributed by atoms with Gasteiger partial charge in [-0.05, 0) is 24.6 Å². The van der Waals surface area contributed by atoms with Gasteiger partial charge in [0.1, 0.15) is 5.54 Å². The molecule has 1 amide bonds. The topological polar surface area (TPSA) is 111 Å². The quantitative estimate of drug-likeness (QED) is 0.753. The van der Waals surface area contributed by atoms with Crippen LogP contribution in [0, 0.1) is 0 Å². The first-order valence-corrected chi connectivity index (χ1v) is 8.42. The van der Waals surface area contributed by atoms with Crippen LogP contribution in [0.3, 0.4) is 0 Å². The number of amides is 1. The molecule has 0 radical (unpaired) electrons. The van der Waals surface area contributed by atoms with Crippen LogP contribution in [0.15, 0.2) is 18.2 Å². The van der Waals surface area contributed by atoms with Crippen LogP contribution in [0.1, 0.15) is 6.42 Å². The fourth-order valence-corrected chi connectivity index (χ4v) is 2.63. The Balaban J connectivity index is 2.19. The van der Waals surface area contributed by atoms with Gasteiger partial charge in [0.15, 0.2) is 0 Å². The first kappa shape index (κ1) is 16.0. The first-order valence-electron chi connectivity index (χ1n) is 6.15. The highest BCUT2D eigenvalue weighted by Gasteiger charge is 2.38. The molecule has 0 spiro atoms. The van der Waals surface area contributed by atoms with E-state index in [1.54, 1.807) is 0 Å². The van der Waals surface area contributed by atoms with E-state index in [4.69, 9.17) is 22.1 Å². The van der Waals surface area contributed by atoms with Crippen molar-refractivity contribution in [2.45, 2.75) is 12.0 Å². The summed E-state index contributed by atoms with van der Waals surface area (Å²) in [6, 6.07) is 4.41. The van der Waals surface area contributed by atoms with Crippen molar-refractivity contribution in [2.75, 3.05) is 29.5 Å². The summed E-state index contributed by atoms with van der Waals surface area (Å²) in [7, 11) is -3.41. The van der Waals surface area contributed by atoms with E-state index in [2.05, 4.69) is 10.0 Å². The Morgan fingerprint density at radius 3 is 2.76 bits per heavy atom. The molecule has 4 N–H and O–H groups in total. The maximum atomic E-state index is 12.2. The van der Waals surface area contributed by atoms with Gasteiger partial charge in [-0.1, -0.05) is 11.6 Å². The van der Waals surface area contributed by atoms with E-state index in [0.717, 1.165) is 6.26 Å². The average Bonchev–Trinajstić information content (AvgIpc) is 2.80. The van der Waals surface area contributed by atoms with Crippen LogP contribution >= 0.6 is 11.6 Å². The second-order valence-corrected chi connectivity index (χ2v) is 7.14. The highest BCUT2D eigenvalue weighted by Crippen LogP contribution is 2.27. The molecule has 0 aromatic heterocycles. The number of ether oxygens (including phenoxy) is 1. The molecule has 116 valence electrons. The molecule has 2 rings (SSSR count). The fraction of sp³-hybridized carbons (Fsp3) is 0.417. The van der Waals surface area contributed by atoms with Crippen molar-refractivity contribution in [3.05, 3.63) is 23.2 Å². The van der Waals surface area contributed by atoms with E-state index in [-0.39, 0.29) is 17.3 Å². The lowest BCUT2D eigenvalue weighted by molar-refractivity contribution is -0.121. The number of hydrogen-bond acceptors (Lipinski definition) is 5. The monoisotopic (exact) mass is 333 g/mol. The highest BCUT2D eigenvalue weighted by molar-refractivity contribution is 7.92. The van der Waals surface area contributed by atoms with E-state index in [9.17, 15) is 13.2 Å². The zero-order valence-corrected chi connectivity index (χ0v) is 12.9. The molecule has 7 nitrogen and oxygen atoms in total. The number of carbonyl (C=O) groups excluding carboxylic acids is 1. The van der Waals surface area contributed by atoms with E-state index in [1.165, 1.54) is 18.2 Å². The van der Waals surface area contributed by atoms with Gasteiger partial charge in [0.2, 0.25) is 15.9 Å². The van der Waals surface area contributed by atoms with Crippen LogP contribution in [0.25, 0.3) is 0 Å². The molecule has 1 aromatic carbocycles. The first-order chi connectivity index (χ1) is 9.70. The summed E-state index contributed by atoms with van der Waals surface area (Å²) in [6.07, 6.45) is 1.45. The van der Waals surface area contributed by atoms with Crippen LogP contribution in [0.5, 0.6) is 0 Å². The lowest BCUT2D eigenvalue weighted by Crippen LogP contribution is -2.51. The average molecular weight is 334 g/mol. The summed E-state index contributed by atoms with van der Waals surface area (Å²) in [4.78, 5) is 12.2. The lowest BCUT2D eigenvalue weighted by Gasteiger charge is -2.21. The number of anilines is 2. The van der Waals surface area contributed by atoms with Crippen LogP contribution in [0.2, 0.25) is 5.02 Å². The van der Waals surface area contributed by atoms with Gasteiger partial charge in [0.25, 0.3) is 0 Å². The molecule has 1 heterocycles. The number of sulfonamides is 1. The number of halogens is 1. The van der Waals surface area contributed by atoms with Crippen molar-refractivity contribution in [1.29, 1.82) is 0 Å². The summed E-state index contributed by atoms with van der Waals surface area (Å²) >= 11 is 6.00. The van der Waals surface area contributed by atoms with Crippen LogP contribution in [-0.2, 0) is 19.6 Å². The van der Waals surface area contributed by atoms with Gasteiger partial charge in [0, 0.05) is 6.61 Å². The maximum Gasteiger partial charge on any atom is 0.246 e. The van der Waals surface area contributed by atoms with Gasteiger partial charge < -0.3 is 15.8 Å². The molecule has 21 heavy (non-hydrogen) atoms. The molecular weight excluding hydrogens is 318 g/mol. The maximum absolute atomic E-state index is 12.2. The van der Waals surface area contributed by atoms with Gasteiger partial charge in [-0.2, -0.15) is 0 Å². The third kappa shape index (κ3) is 4.07. The summed E-state index contributed by atoms with van der Waals surface area (Å²) in [5, 5.41) is 2.89. The third-order valence-corrected chi connectivity index (χ3v) is 3.96. The van der Waals surface area contributed by atoms with Crippen LogP contribution < -0.4 is 15.8 Å². The molecule has 1 aliphatic rings. The number of nitrogens with one attached hydrogen (secondary N) is 2. The summed E-state index contributed by atoms with van der Waals surface area (Å²) in [5.74, 6) is -0.418. The summed E-state index contributed by atoms with van der Waals surface area (Å²) in [6.45, 7) is 0.561. The predicted molar refractivity (Wildman–Crippen MR) is 80.9 cm³/mol. The molecule has 1 aliphatic heterocycles. The molecule has 1 saturated heterocycles. The number of hydrogen-bond donors (Lipinski definition) is 3. The molecule has 0 bridgehead atoms. The normalized spacial score (nSPS) is 22.0. The lowest BCUT2D eigenvalue weighted by atomic mass is 9.99. The largest absolute Gasteiger partial charge is 0.379 e. The van der Waals surface area contributed by atoms with Crippen molar-refractivity contribution in [1.82, 2.24) is 0 Å². The molecule has 1 unspecified atom stereocenters. The van der Waals surface area contributed by atoms with Crippen molar-refractivity contribution in [2.24, 2.45) is 5.73 Å². The van der Waals surface area contributed by atoms with Gasteiger partial charge in [0.05, 0.1) is 29.3 Å². The summed E-state index contributed by atoms with van der Waals surface area (Å²) in [5.41, 5.74) is 5.44. The molecule has 1 atom stereocenters. The molecular formula is C12H16ClN3O4S. The van der Waals surface area contributed by atoms with Crippen molar-refractivity contribution in [3.8, 4) is 0 Å². The van der Waals surface area contributed by atoms with E-state index in [1.807, 2.05) is 0 Å². The molecule has 1 fully saturated rings. The highest BCUT2D eigenvalue weighted by atomic mass is 35.5. The standard InChI is InChI=1S/C12H16ClN3O4S/c1-21(18,19)16-8-2-3-9(13)10(6-8)15-11(17)12(14)4-5-20-7-12/h2-3,6,16H,4-5,7,14H2,1H3,(H,15,17). The summed E-state index contributed by atoms with van der Waals surface area (Å²) < 4.78 is 29.9. The van der Waals surface area contributed by atoms with Gasteiger partial charge in [-0.25, -0.2) is 8.42 Å². The molecule has 0 aliphatic carbocycles. The third-order valence-electron chi connectivity index (χ3n) is 3.02. The van der Waals surface area contributed by atoms with Crippen LogP contribution in [0.4, 0.5) is 11.4 Å². The second-order valence-electron chi connectivity index (χ2n) is 4.98. The Kier molecular flexibility index (Phi) is 4.43. The Labute approximate surface area is 127 Å². The number of benzene rings is 1. The Bertz CT molecular complexity index is 656. The van der Waals surface area contributed by atoms with E-state index < -0.39 is 21.5 Å². The zero-order valence-electron chi connectivity index (χ0n) is 11.3. The fourth-order valence-electron chi connectivity index (χ4n) is 1.91. The predicted octanol–water partition coefficient (Wildman–Crippen LogP) is 0.768. The SMILES string of the molecule is CS(=O)(=O)Nc1ccc(Cl)c(NC(=O)C2(N)CCOC2)c1. The van der Waals surface area contributed by atoms with Crippen molar-refractivity contribution in [3.63, 3.8) is 0 Å². The number of carbonyl (C=O) groups is 1. The van der Waals surface area contributed by atoms with Gasteiger partial charge >= 0.3 is 0 Å². The molecule has 1 aromatic rings. The van der Waals surface area contributed by atoms with Crippen LogP contribution in [-0.4, -0.2) is 39.3 Å².